The van der Waals surface area contributed by atoms with Crippen LogP contribution in [0.1, 0.15) is 31.4 Å². The first-order chi connectivity index (χ1) is 11.9. The molecule has 0 aliphatic heterocycles. The van der Waals surface area contributed by atoms with Gasteiger partial charge in [0.1, 0.15) is 23.5 Å². The minimum atomic E-state index is -1.80. The van der Waals surface area contributed by atoms with Crippen LogP contribution in [0.5, 0.6) is 0 Å². The van der Waals surface area contributed by atoms with Crippen molar-refractivity contribution in [1.82, 2.24) is 15.3 Å². The molecule has 0 aliphatic rings. The van der Waals surface area contributed by atoms with Crippen LogP contribution in [0.15, 0.2) is 30.7 Å². The van der Waals surface area contributed by atoms with Gasteiger partial charge in [-0.1, -0.05) is 13.3 Å². The molecule has 0 aliphatic carbocycles. The number of aromatic amines is 1. The number of imidazole rings is 1. The number of hydrogen-bond donors (Lipinski definition) is 4. The van der Waals surface area contributed by atoms with E-state index in [2.05, 4.69) is 20.6 Å². The third-order valence-corrected chi connectivity index (χ3v) is 3.42. The Morgan fingerprint density at radius 1 is 1.24 bits per heavy atom. The molecule has 0 fully saturated rings. The Balaban J connectivity index is 2.06. The van der Waals surface area contributed by atoms with Gasteiger partial charge in [0.15, 0.2) is 6.10 Å². The highest BCUT2D eigenvalue weighted by molar-refractivity contribution is 5.97. The fourth-order valence-corrected chi connectivity index (χ4v) is 2.24. The monoisotopic (exact) mass is 352 g/mol. The maximum Gasteiger partial charge on any atom is 0.254 e. The van der Waals surface area contributed by atoms with E-state index in [-0.39, 0.29) is 5.56 Å². The van der Waals surface area contributed by atoms with Crippen molar-refractivity contribution in [3.05, 3.63) is 47.9 Å². The molecular formula is C16H18F2N4O3. The molecule has 134 valence electrons. The Bertz CT molecular complexity index is 717. The number of hydrogen-bond acceptors (Lipinski definition) is 4. The highest BCUT2D eigenvalue weighted by atomic mass is 19.1. The maximum atomic E-state index is 13.2. The lowest BCUT2D eigenvalue weighted by Gasteiger charge is -2.19. The molecule has 1 aromatic heterocycles. The molecule has 0 radical (unpaired) electrons. The van der Waals surface area contributed by atoms with Crippen molar-refractivity contribution >= 4 is 17.6 Å². The topological polar surface area (TPSA) is 107 Å². The molecule has 1 heterocycles. The Kier molecular flexibility index (Phi) is 6.18. The smallest absolute Gasteiger partial charge is 0.254 e. The van der Waals surface area contributed by atoms with E-state index >= 15 is 0 Å². The van der Waals surface area contributed by atoms with Crippen LogP contribution in [-0.2, 0) is 9.59 Å². The van der Waals surface area contributed by atoms with Crippen LogP contribution in [-0.4, -0.2) is 32.9 Å². The Labute approximate surface area is 142 Å². The van der Waals surface area contributed by atoms with E-state index in [9.17, 15) is 23.5 Å². The Morgan fingerprint density at radius 2 is 1.92 bits per heavy atom. The van der Waals surface area contributed by atoms with Gasteiger partial charge in [-0.3, -0.25) is 9.59 Å². The number of rotatable bonds is 7. The lowest BCUT2D eigenvalue weighted by Crippen LogP contribution is -2.45. The van der Waals surface area contributed by atoms with Gasteiger partial charge in [0.25, 0.3) is 5.91 Å². The van der Waals surface area contributed by atoms with E-state index in [0.717, 1.165) is 12.1 Å². The van der Waals surface area contributed by atoms with Gasteiger partial charge in [-0.25, -0.2) is 13.8 Å². The van der Waals surface area contributed by atoms with Crippen molar-refractivity contribution in [2.75, 3.05) is 5.32 Å². The van der Waals surface area contributed by atoms with E-state index in [1.54, 1.807) is 0 Å². The van der Waals surface area contributed by atoms with E-state index in [0.29, 0.717) is 24.7 Å². The number of aromatic nitrogens is 2. The maximum absolute atomic E-state index is 13.2. The van der Waals surface area contributed by atoms with Gasteiger partial charge in [-0.15, -0.1) is 0 Å². The summed E-state index contributed by atoms with van der Waals surface area (Å²) in [5, 5.41) is 14.9. The molecule has 4 N–H and O–H groups in total. The van der Waals surface area contributed by atoms with Crippen molar-refractivity contribution in [2.45, 2.75) is 31.9 Å². The molecule has 2 rings (SSSR count). The zero-order valence-electron chi connectivity index (χ0n) is 13.4. The average molecular weight is 352 g/mol. The van der Waals surface area contributed by atoms with Crippen LogP contribution < -0.4 is 10.6 Å². The number of carbonyl (C=O) groups is 2. The van der Waals surface area contributed by atoms with Gasteiger partial charge >= 0.3 is 0 Å². The summed E-state index contributed by atoms with van der Waals surface area (Å²) in [4.78, 5) is 30.8. The predicted octanol–water partition coefficient (Wildman–Crippen LogP) is 1.64. The molecule has 1 aromatic carbocycles. The van der Waals surface area contributed by atoms with Gasteiger partial charge in [-0.2, -0.15) is 0 Å². The van der Waals surface area contributed by atoms with Crippen LogP contribution in [0.3, 0.4) is 0 Å². The summed E-state index contributed by atoms with van der Waals surface area (Å²) >= 11 is 0. The molecule has 2 atom stereocenters. The summed E-state index contributed by atoms with van der Waals surface area (Å²) in [5.74, 6) is -2.90. The molecule has 7 nitrogen and oxygen atoms in total. The number of nitrogens with zero attached hydrogens (tertiary/aromatic N) is 1. The molecule has 25 heavy (non-hydrogen) atoms. The SMILES string of the molecule is CCCC(NC(=O)C(O)c1cc(F)cc(F)c1)C(=O)Nc1cnc[nH]1. The summed E-state index contributed by atoms with van der Waals surface area (Å²) in [6.45, 7) is 1.82. The minimum Gasteiger partial charge on any atom is -0.378 e. The molecular weight excluding hydrogens is 334 g/mol. The molecule has 0 saturated carbocycles. The first-order valence-corrected chi connectivity index (χ1v) is 7.64. The van der Waals surface area contributed by atoms with Crippen molar-refractivity contribution < 1.29 is 23.5 Å². The molecule has 2 amide bonds. The highest BCUT2D eigenvalue weighted by Crippen LogP contribution is 2.17. The number of nitrogens with one attached hydrogen (secondary N) is 3. The van der Waals surface area contributed by atoms with Crippen molar-refractivity contribution in [3.63, 3.8) is 0 Å². The van der Waals surface area contributed by atoms with E-state index < -0.39 is 35.6 Å². The van der Waals surface area contributed by atoms with Crippen molar-refractivity contribution in [2.24, 2.45) is 0 Å². The molecule has 2 unspecified atom stereocenters. The van der Waals surface area contributed by atoms with Crippen LogP contribution >= 0.6 is 0 Å². The van der Waals surface area contributed by atoms with Crippen LogP contribution in [0.25, 0.3) is 0 Å². The molecule has 0 saturated heterocycles. The zero-order chi connectivity index (χ0) is 18.4. The number of halogens is 2. The normalized spacial score (nSPS) is 13.1. The number of anilines is 1. The summed E-state index contributed by atoms with van der Waals surface area (Å²) in [5.41, 5.74) is -0.237. The minimum absolute atomic E-state index is 0.237. The number of carbonyl (C=O) groups excluding carboxylic acids is 2. The van der Waals surface area contributed by atoms with Gasteiger partial charge in [0.05, 0.1) is 12.5 Å². The largest absolute Gasteiger partial charge is 0.378 e. The summed E-state index contributed by atoms with van der Waals surface area (Å²) in [7, 11) is 0. The lowest BCUT2D eigenvalue weighted by atomic mass is 10.1. The highest BCUT2D eigenvalue weighted by Gasteiger charge is 2.25. The third-order valence-electron chi connectivity index (χ3n) is 3.42. The van der Waals surface area contributed by atoms with Crippen molar-refractivity contribution in [1.29, 1.82) is 0 Å². The van der Waals surface area contributed by atoms with E-state index in [1.165, 1.54) is 12.5 Å². The standard InChI is InChI=1S/C16H18F2N4O3/c1-2-3-12(15(24)22-13-7-19-8-20-13)21-16(25)14(23)9-4-10(17)6-11(18)5-9/h4-8,12,14,23H,2-3H2,1H3,(H,19,20)(H,21,25)(H,22,24). The second-order valence-corrected chi connectivity index (χ2v) is 5.41. The predicted molar refractivity (Wildman–Crippen MR) is 85.4 cm³/mol. The fourth-order valence-electron chi connectivity index (χ4n) is 2.24. The first-order valence-electron chi connectivity index (χ1n) is 7.64. The molecule has 0 bridgehead atoms. The van der Waals surface area contributed by atoms with Crippen LogP contribution in [0, 0.1) is 11.6 Å². The van der Waals surface area contributed by atoms with Crippen molar-refractivity contribution in [3.8, 4) is 0 Å². The number of H-pyrrole nitrogens is 1. The van der Waals surface area contributed by atoms with Gasteiger partial charge in [0, 0.05) is 6.07 Å². The van der Waals surface area contributed by atoms with Gasteiger partial charge in [0.2, 0.25) is 5.91 Å². The first kappa shape index (κ1) is 18.5. The van der Waals surface area contributed by atoms with Gasteiger partial charge < -0.3 is 20.7 Å². The molecule has 0 spiro atoms. The van der Waals surface area contributed by atoms with Crippen LogP contribution in [0.2, 0.25) is 0 Å². The van der Waals surface area contributed by atoms with Crippen LogP contribution in [0.4, 0.5) is 14.6 Å². The molecule has 9 heteroatoms. The average Bonchev–Trinajstić information content (AvgIpc) is 3.05. The summed E-state index contributed by atoms with van der Waals surface area (Å²) in [6, 6.07) is 1.42. The number of aliphatic hydroxyl groups is 1. The lowest BCUT2D eigenvalue weighted by molar-refractivity contribution is -0.133. The Hall–Kier alpha value is -2.81. The molecule has 2 aromatic rings. The number of aliphatic hydroxyl groups excluding tert-OH is 1. The quantitative estimate of drug-likeness (QED) is 0.608. The summed E-state index contributed by atoms with van der Waals surface area (Å²) in [6.07, 6.45) is 1.88. The van der Waals surface area contributed by atoms with E-state index in [1.807, 2.05) is 6.92 Å². The number of benzene rings is 1. The Morgan fingerprint density at radius 3 is 2.48 bits per heavy atom. The number of amides is 2. The third kappa shape index (κ3) is 5.08. The second kappa shape index (κ2) is 8.34. The summed E-state index contributed by atoms with van der Waals surface area (Å²) < 4.78 is 26.4. The fraction of sp³-hybridized carbons (Fsp3) is 0.312. The zero-order valence-corrected chi connectivity index (χ0v) is 13.4. The van der Waals surface area contributed by atoms with E-state index in [4.69, 9.17) is 0 Å². The second-order valence-electron chi connectivity index (χ2n) is 5.41. The van der Waals surface area contributed by atoms with Gasteiger partial charge in [-0.05, 0) is 24.1 Å².